The monoisotopic (exact) mass is 276 g/mol. The van der Waals surface area contributed by atoms with Crippen LogP contribution in [0.15, 0.2) is 20.6 Å². The van der Waals surface area contributed by atoms with Crippen molar-refractivity contribution in [3.05, 3.63) is 20.6 Å². The van der Waals surface area contributed by atoms with Crippen molar-refractivity contribution in [1.82, 2.24) is 0 Å². The van der Waals surface area contributed by atoms with Gasteiger partial charge in [-0.1, -0.05) is 0 Å². The summed E-state index contributed by atoms with van der Waals surface area (Å²) in [5.74, 6) is 0. The molecule has 0 saturated carbocycles. The molecule has 0 fully saturated rings. The second-order valence-corrected chi connectivity index (χ2v) is 4.66. The third kappa shape index (κ3) is 5.49. The van der Waals surface area contributed by atoms with Crippen LogP contribution in [-0.4, -0.2) is 21.3 Å². The zero-order valence-corrected chi connectivity index (χ0v) is 13.8. The van der Waals surface area contributed by atoms with Gasteiger partial charge in [-0.25, -0.2) is 0 Å². The molecule has 3 nitrogen and oxygen atoms in total. The standard InChI is InChI=1S/C10H15.3CH3O.Ti/c1-7-6-10(4,5)9(3)8(7)2;3*1-2;/h1-5H3;3*1H3;/q;3*-1;+3. The summed E-state index contributed by atoms with van der Waals surface area (Å²) < 4.78 is 1.53. The van der Waals surface area contributed by atoms with Gasteiger partial charge in [-0.3, -0.25) is 0 Å². The molecule has 0 aromatic heterocycles. The average molecular weight is 276 g/mol. The fourth-order valence-electron chi connectivity index (χ4n) is 1.59. The molecule has 0 bridgehead atoms. The Balaban J connectivity index is -0.000000285. The third-order valence-corrected chi connectivity index (χ3v) is 4.62. The maximum atomic E-state index is 8.25. The van der Waals surface area contributed by atoms with E-state index in [4.69, 9.17) is 15.3 Å². The summed E-state index contributed by atoms with van der Waals surface area (Å²) in [4.78, 5) is 0. The van der Waals surface area contributed by atoms with Crippen LogP contribution in [0.2, 0.25) is 0 Å². The summed E-state index contributed by atoms with van der Waals surface area (Å²) in [5, 5.41) is 24.8. The van der Waals surface area contributed by atoms with Gasteiger partial charge in [-0.15, -0.1) is 0 Å². The maximum absolute atomic E-state index is 8.25. The average Bonchev–Trinajstić information content (AvgIpc) is 2.52. The zero-order chi connectivity index (χ0) is 14.8. The van der Waals surface area contributed by atoms with Crippen molar-refractivity contribution in [3.63, 3.8) is 0 Å². The summed E-state index contributed by atoms with van der Waals surface area (Å²) >= 11 is 2.25. The Hall–Kier alpha value is 0.0743. The van der Waals surface area contributed by atoms with Gasteiger partial charge < -0.3 is 15.3 Å². The number of allylic oxidation sites excluding steroid dienone is 4. The summed E-state index contributed by atoms with van der Waals surface area (Å²) in [6, 6.07) is 0. The molecular formula is C13H24O3Ti. The van der Waals surface area contributed by atoms with Crippen molar-refractivity contribution >= 4 is 0 Å². The molecule has 0 spiro atoms. The molecule has 0 saturated heterocycles. The maximum Gasteiger partial charge on any atom is -0.153 e. The molecule has 1 aliphatic rings. The minimum absolute atomic E-state index is 0.314. The third-order valence-electron chi connectivity index (χ3n) is 3.06. The van der Waals surface area contributed by atoms with Crippen molar-refractivity contribution in [2.45, 2.75) is 34.6 Å². The molecule has 0 atom stereocenters. The fraction of sp³-hybridized carbons (Fsp3) is 0.692. The van der Waals surface area contributed by atoms with E-state index in [0.717, 1.165) is 21.3 Å². The second-order valence-electron chi connectivity index (χ2n) is 3.88. The smallest absolute Gasteiger partial charge is 0.153 e. The second kappa shape index (κ2) is 11.2. The molecular weight excluding hydrogens is 252 g/mol. The van der Waals surface area contributed by atoms with Gasteiger partial charge in [0.25, 0.3) is 0 Å². The van der Waals surface area contributed by atoms with Crippen molar-refractivity contribution in [3.8, 4) is 0 Å². The van der Waals surface area contributed by atoms with Gasteiger partial charge in [0.05, 0.1) is 0 Å². The Kier molecular flexibility index (Phi) is 14.6. The topological polar surface area (TPSA) is 69.2 Å². The van der Waals surface area contributed by atoms with Crippen LogP contribution in [0.4, 0.5) is 0 Å². The molecule has 17 heavy (non-hydrogen) atoms. The summed E-state index contributed by atoms with van der Waals surface area (Å²) in [7, 11) is 2.25. The summed E-state index contributed by atoms with van der Waals surface area (Å²) in [5.41, 5.74) is 4.83. The molecule has 0 unspecified atom stereocenters. The summed E-state index contributed by atoms with van der Waals surface area (Å²) in [6.07, 6.45) is 0. The van der Waals surface area contributed by atoms with E-state index in [-0.39, 0.29) is 0 Å². The van der Waals surface area contributed by atoms with Crippen LogP contribution in [0.3, 0.4) is 0 Å². The van der Waals surface area contributed by atoms with Gasteiger partial charge in [0, 0.05) is 0 Å². The molecule has 0 radical (unpaired) electrons. The van der Waals surface area contributed by atoms with E-state index < -0.39 is 0 Å². The van der Waals surface area contributed by atoms with Crippen molar-refractivity contribution in [1.29, 1.82) is 0 Å². The SMILES string of the molecule is CC1=C(C)C(C)(C)[C]([Ti+3])=C1C.C[O-].C[O-].C[O-]. The quantitative estimate of drug-likeness (QED) is 0.590. The van der Waals surface area contributed by atoms with Crippen molar-refractivity contribution in [2.75, 3.05) is 21.3 Å². The first-order valence-electron chi connectivity index (χ1n) is 5.22. The zero-order valence-electron chi connectivity index (χ0n) is 12.2. The number of hydrogen-bond donors (Lipinski definition) is 0. The van der Waals surface area contributed by atoms with Gasteiger partial charge >= 0.3 is 81.1 Å². The van der Waals surface area contributed by atoms with E-state index in [9.17, 15) is 0 Å². The van der Waals surface area contributed by atoms with E-state index in [0.29, 0.717) is 5.41 Å². The molecule has 1 rings (SSSR count). The Labute approximate surface area is 118 Å². The minimum atomic E-state index is 0.314. The molecule has 0 aromatic rings. The normalized spacial score (nSPS) is 16.3. The van der Waals surface area contributed by atoms with E-state index in [1.54, 1.807) is 0 Å². The molecule has 98 valence electrons. The molecule has 0 aliphatic heterocycles. The van der Waals surface area contributed by atoms with Crippen LogP contribution in [-0.2, 0) is 20.4 Å². The molecule has 0 N–H and O–H groups in total. The van der Waals surface area contributed by atoms with Gasteiger partial charge in [0.2, 0.25) is 0 Å². The molecule has 0 amide bonds. The van der Waals surface area contributed by atoms with E-state index >= 15 is 0 Å². The predicted octanol–water partition coefficient (Wildman–Crippen LogP) is 0.113. The minimum Gasteiger partial charge on any atom is -0.857 e. The van der Waals surface area contributed by atoms with Crippen molar-refractivity contribution in [2.24, 2.45) is 5.41 Å². The fourth-order valence-corrected chi connectivity index (χ4v) is 2.18. The Morgan fingerprint density at radius 1 is 0.765 bits per heavy atom. The van der Waals surface area contributed by atoms with Crippen molar-refractivity contribution < 1.29 is 35.8 Å². The van der Waals surface area contributed by atoms with Crippen LogP contribution < -0.4 is 15.3 Å². The molecule has 0 heterocycles. The Bertz CT molecular complexity index is 240. The number of rotatable bonds is 0. The first-order chi connectivity index (χ1) is 7.89. The molecule has 1 aliphatic carbocycles. The van der Waals surface area contributed by atoms with Crippen LogP contribution in [0.25, 0.3) is 0 Å². The van der Waals surface area contributed by atoms with Gasteiger partial charge in [0.1, 0.15) is 0 Å². The van der Waals surface area contributed by atoms with Crippen LogP contribution in [0, 0.1) is 5.41 Å². The Morgan fingerprint density at radius 3 is 1.12 bits per heavy atom. The largest absolute Gasteiger partial charge is 0.857 e. The molecule has 4 heteroatoms. The van der Waals surface area contributed by atoms with Crippen LogP contribution >= 0.6 is 0 Å². The first-order valence-corrected chi connectivity index (χ1v) is 6.01. The first kappa shape index (κ1) is 22.3. The van der Waals surface area contributed by atoms with Gasteiger partial charge in [-0.2, -0.15) is 21.3 Å². The number of hydrogen-bond acceptors (Lipinski definition) is 3. The van der Waals surface area contributed by atoms with Crippen LogP contribution in [0.1, 0.15) is 34.6 Å². The Morgan fingerprint density at radius 2 is 1.06 bits per heavy atom. The van der Waals surface area contributed by atoms with Crippen LogP contribution in [0.5, 0.6) is 0 Å². The van der Waals surface area contributed by atoms with E-state index in [1.165, 1.54) is 20.6 Å². The predicted molar refractivity (Wildman–Crippen MR) is 62.6 cm³/mol. The molecule has 0 aromatic carbocycles. The van der Waals surface area contributed by atoms with E-state index in [1.807, 2.05) is 0 Å². The van der Waals surface area contributed by atoms with Gasteiger partial charge in [0.15, 0.2) is 0 Å². The van der Waals surface area contributed by atoms with Gasteiger partial charge in [-0.05, 0) is 0 Å². The summed E-state index contributed by atoms with van der Waals surface area (Å²) in [6.45, 7) is 11.3. The van der Waals surface area contributed by atoms with E-state index in [2.05, 4.69) is 55.1 Å².